The number of carbonyl (C=O) groups excluding carboxylic acids is 1. The number of rotatable bonds is 3. The number of benzene rings is 5. The van der Waals surface area contributed by atoms with Gasteiger partial charge in [0.1, 0.15) is 16.1 Å². The fraction of sp³-hybridized carbons (Fsp3) is 0.0645. The van der Waals surface area contributed by atoms with E-state index in [4.69, 9.17) is 4.74 Å². The zero-order chi connectivity index (χ0) is 25.4. The number of ether oxygens (including phenoxy) is 1. The van der Waals surface area contributed by atoms with E-state index in [2.05, 4.69) is 18.2 Å². The predicted octanol–water partition coefficient (Wildman–Crippen LogP) is 5.83. The van der Waals surface area contributed by atoms with Crippen molar-refractivity contribution in [3.05, 3.63) is 143 Å². The van der Waals surface area contributed by atoms with Gasteiger partial charge < -0.3 is 4.74 Å². The largest absolute Gasteiger partial charge is 0.425 e. The Labute approximate surface area is 213 Å². The molecule has 0 heterocycles. The summed E-state index contributed by atoms with van der Waals surface area (Å²) >= 11 is 0. The molecule has 0 atom stereocenters. The van der Waals surface area contributed by atoms with Crippen LogP contribution in [0.25, 0.3) is 10.8 Å². The number of carbonyl (C=O) groups is 1. The lowest BCUT2D eigenvalue weighted by Crippen LogP contribution is -2.49. The monoisotopic (exact) mass is 504 g/mol. The van der Waals surface area contributed by atoms with Gasteiger partial charge in [-0.15, -0.1) is 0 Å². The van der Waals surface area contributed by atoms with Gasteiger partial charge in [-0.3, -0.25) is 4.55 Å². The Kier molecular flexibility index (Phi) is 4.53. The molecule has 0 saturated carbocycles. The molecule has 5 nitrogen and oxygen atoms in total. The third kappa shape index (κ3) is 2.88. The van der Waals surface area contributed by atoms with Crippen LogP contribution in [0.3, 0.4) is 0 Å². The van der Waals surface area contributed by atoms with Gasteiger partial charge in [0.25, 0.3) is 10.1 Å². The van der Waals surface area contributed by atoms with Gasteiger partial charge in [-0.05, 0) is 45.5 Å². The first kappa shape index (κ1) is 22.0. The zero-order valence-corrected chi connectivity index (χ0v) is 20.3. The van der Waals surface area contributed by atoms with Crippen LogP contribution in [0.4, 0.5) is 0 Å². The highest BCUT2D eigenvalue weighted by atomic mass is 32.2. The van der Waals surface area contributed by atoms with Crippen LogP contribution in [0.2, 0.25) is 0 Å². The fourth-order valence-electron chi connectivity index (χ4n) is 6.27. The number of hydrogen-bond donors (Lipinski definition) is 1. The molecule has 5 aromatic rings. The number of hydrogen-bond acceptors (Lipinski definition) is 4. The Bertz CT molecular complexity index is 1760. The van der Waals surface area contributed by atoms with Crippen LogP contribution < -0.4 is 4.74 Å². The van der Waals surface area contributed by atoms with Gasteiger partial charge in [-0.1, -0.05) is 97.1 Å². The Morgan fingerprint density at radius 1 is 0.649 bits per heavy atom. The maximum Gasteiger partial charge on any atom is 0.331 e. The molecule has 0 unspecified atom stereocenters. The Morgan fingerprint density at radius 3 is 1.62 bits per heavy atom. The van der Waals surface area contributed by atoms with Gasteiger partial charge in [-0.2, -0.15) is 8.42 Å². The highest BCUT2D eigenvalue weighted by Crippen LogP contribution is 2.59. The van der Waals surface area contributed by atoms with Gasteiger partial charge >= 0.3 is 5.97 Å². The maximum atomic E-state index is 14.6. The smallest absolute Gasteiger partial charge is 0.331 e. The Morgan fingerprint density at radius 2 is 1.11 bits per heavy atom. The van der Waals surface area contributed by atoms with E-state index >= 15 is 0 Å². The molecule has 0 aromatic heterocycles. The molecule has 0 aliphatic heterocycles. The molecule has 0 fully saturated rings. The van der Waals surface area contributed by atoms with Crippen molar-refractivity contribution in [2.45, 2.75) is 16.2 Å². The quantitative estimate of drug-likeness (QED) is 0.190. The first-order valence-corrected chi connectivity index (χ1v) is 13.4. The van der Waals surface area contributed by atoms with Crippen LogP contribution in [-0.4, -0.2) is 18.9 Å². The van der Waals surface area contributed by atoms with E-state index in [1.54, 1.807) is 24.3 Å². The lowest BCUT2D eigenvalue weighted by Gasteiger charge is -2.48. The van der Waals surface area contributed by atoms with Crippen LogP contribution in [-0.2, 0) is 20.3 Å². The summed E-state index contributed by atoms with van der Waals surface area (Å²) in [7, 11) is -4.47. The van der Waals surface area contributed by atoms with E-state index in [-0.39, 0.29) is 21.9 Å². The topological polar surface area (TPSA) is 80.7 Å². The van der Waals surface area contributed by atoms with Crippen molar-refractivity contribution in [2.75, 3.05) is 0 Å². The average molecular weight is 505 g/mol. The summed E-state index contributed by atoms with van der Waals surface area (Å²) in [6.07, 6.45) is 0. The first-order chi connectivity index (χ1) is 17.9. The van der Waals surface area contributed by atoms with E-state index in [1.807, 2.05) is 54.6 Å². The SMILES string of the molecule is O=C(Oc1ccc(S(=O)(=O)O)c2ccccc12)C12c3ccccc3C(c3ccccc31)c1ccccc12. The Hall–Kier alpha value is -4.26. The van der Waals surface area contributed by atoms with Crippen LogP contribution in [0.1, 0.15) is 39.3 Å². The molecule has 0 spiro atoms. The molecule has 3 aliphatic carbocycles. The Balaban J connectivity index is 1.49. The maximum absolute atomic E-state index is 14.6. The van der Waals surface area contributed by atoms with Crippen LogP contribution in [0.5, 0.6) is 5.75 Å². The summed E-state index contributed by atoms with van der Waals surface area (Å²) in [5.41, 5.74) is 4.69. The van der Waals surface area contributed by atoms with Gasteiger partial charge in [0.2, 0.25) is 0 Å². The van der Waals surface area contributed by atoms with Gasteiger partial charge in [0.15, 0.2) is 0 Å². The summed E-state index contributed by atoms with van der Waals surface area (Å²) in [6, 6.07) is 33.4. The lowest BCUT2D eigenvalue weighted by atomic mass is 9.53. The van der Waals surface area contributed by atoms with Gasteiger partial charge in [-0.25, -0.2) is 4.79 Å². The highest BCUT2D eigenvalue weighted by Gasteiger charge is 2.57. The van der Waals surface area contributed by atoms with Crippen molar-refractivity contribution >= 4 is 26.9 Å². The van der Waals surface area contributed by atoms with E-state index in [0.29, 0.717) is 5.39 Å². The summed E-state index contributed by atoms with van der Waals surface area (Å²) < 4.78 is 39.9. The first-order valence-electron chi connectivity index (χ1n) is 11.9. The molecule has 180 valence electrons. The molecule has 0 radical (unpaired) electrons. The molecule has 5 aromatic carbocycles. The van der Waals surface area contributed by atoms with E-state index in [9.17, 15) is 17.8 Å². The second-order valence-electron chi connectivity index (χ2n) is 9.42. The van der Waals surface area contributed by atoms with Gasteiger partial charge in [0, 0.05) is 16.7 Å². The number of fused-ring (bicyclic) bond motifs is 1. The lowest BCUT2D eigenvalue weighted by molar-refractivity contribution is -0.138. The van der Waals surface area contributed by atoms with Crippen molar-refractivity contribution in [2.24, 2.45) is 0 Å². The zero-order valence-electron chi connectivity index (χ0n) is 19.5. The molecule has 6 heteroatoms. The minimum absolute atomic E-state index is 0.0214. The summed E-state index contributed by atoms with van der Waals surface area (Å²) in [6.45, 7) is 0. The van der Waals surface area contributed by atoms with Crippen LogP contribution in [0, 0.1) is 0 Å². The molecule has 0 amide bonds. The van der Waals surface area contributed by atoms with Crippen molar-refractivity contribution < 1.29 is 22.5 Å². The minimum atomic E-state index is -4.47. The van der Waals surface area contributed by atoms with Crippen molar-refractivity contribution in [3.63, 3.8) is 0 Å². The standard InChI is InChI=1S/C31H20O5S/c32-30(36-27-17-18-28(37(33,34)35)20-10-2-1-9-19(20)27)31-24-14-6-3-11-21(24)29(22-12-4-7-15-25(22)31)23-13-5-8-16-26(23)31/h1-18,29H,(H,33,34,35). The molecule has 2 bridgehead atoms. The minimum Gasteiger partial charge on any atom is -0.425 e. The summed E-state index contributed by atoms with van der Waals surface area (Å²) in [5.74, 6) is -0.224. The fourth-order valence-corrected chi connectivity index (χ4v) is 6.97. The van der Waals surface area contributed by atoms with Crippen LogP contribution in [0.15, 0.2) is 114 Å². The summed E-state index contributed by atoms with van der Waals surface area (Å²) in [5, 5.41) is 0.697. The third-order valence-corrected chi connectivity index (χ3v) is 8.57. The predicted molar refractivity (Wildman–Crippen MR) is 140 cm³/mol. The molecule has 37 heavy (non-hydrogen) atoms. The second-order valence-corrected chi connectivity index (χ2v) is 10.8. The molecular weight excluding hydrogens is 484 g/mol. The molecule has 8 rings (SSSR count). The normalized spacial score (nSPS) is 19.1. The third-order valence-electron chi connectivity index (χ3n) is 7.66. The van der Waals surface area contributed by atoms with E-state index in [0.717, 1.165) is 33.4 Å². The van der Waals surface area contributed by atoms with Crippen molar-refractivity contribution in [3.8, 4) is 5.75 Å². The van der Waals surface area contributed by atoms with Gasteiger partial charge in [0.05, 0.1) is 0 Å². The van der Waals surface area contributed by atoms with Crippen molar-refractivity contribution in [1.82, 2.24) is 0 Å². The highest BCUT2D eigenvalue weighted by molar-refractivity contribution is 7.86. The van der Waals surface area contributed by atoms with Crippen LogP contribution >= 0.6 is 0 Å². The van der Waals surface area contributed by atoms with E-state index < -0.39 is 21.5 Å². The van der Waals surface area contributed by atoms with Crippen molar-refractivity contribution in [1.29, 1.82) is 0 Å². The number of esters is 1. The second kappa shape index (κ2) is 7.62. The molecule has 0 saturated heterocycles. The molecule has 1 N–H and O–H groups in total. The molecular formula is C31H20O5S. The molecule has 3 aliphatic rings. The van der Waals surface area contributed by atoms with E-state index in [1.165, 1.54) is 12.1 Å². The average Bonchev–Trinajstić information content (AvgIpc) is 2.92. The summed E-state index contributed by atoms with van der Waals surface area (Å²) in [4.78, 5) is 14.3.